The van der Waals surface area contributed by atoms with Crippen LogP contribution >= 0.6 is 0 Å². The summed E-state index contributed by atoms with van der Waals surface area (Å²) in [6.07, 6.45) is 0. The fraction of sp³-hybridized carbons (Fsp3) is 0.429. The molecule has 0 fully saturated rings. The average molecular weight is 266 g/mol. The fourth-order valence-electron chi connectivity index (χ4n) is 1.84. The number of rotatable bonds is 5. The molecule has 4 nitrogen and oxygen atoms in total. The molecule has 0 heterocycles. The maximum absolute atomic E-state index is 13.1. The highest BCUT2D eigenvalue weighted by Gasteiger charge is 2.20. The number of likely N-dealkylation sites (N-methyl/N-ethyl adjacent to an activating group) is 1. The molecule has 0 bridgehead atoms. The van der Waals surface area contributed by atoms with Crippen molar-refractivity contribution in [3.8, 4) is 0 Å². The molecule has 0 aromatic heterocycles. The quantitative estimate of drug-likeness (QED) is 0.882. The zero-order chi connectivity index (χ0) is 14.4. The van der Waals surface area contributed by atoms with Gasteiger partial charge >= 0.3 is 0 Å². The molecule has 0 radical (unpaired) electrons. The minimum Gasteiger partial charge on any atom is -0.345 e. The molecule has 1 unspecified atom stereocenters. The molecular weight excluding hydrogens is 247 g/mol. The van der Waals surface area contributed by atoms with Gasteiger partial charge in [0.1, 0.15) is 11.9 Å². The maximum Gasteiger partial charge on any atom is 0.245 e. The fourth-order valence-corrected chi connectivity index (χ4v) is 1.84. The predicted molar refractivity (Wildman–Crippen MR) is 70.8 cm³/mol. The van der Waals surface area contributed by atoms with Gasteiger partial charge in [0.15, 0.2) is 0 Å². The van der Waals surface area contributed by atoms with Gasteiger partial charge in [-0.25, -0.2) is 4.39 Å². The summed E-state index contributed by atoms with van der Waals surface area (Å²) in [5.74, 6) is -0.750. The summed E-state index contributed by atoms with van der Waals surface area (Å²) in [5, 5.41) is 2.55. The van der Waals surface area contributed by atoms with E-state index in [0.717, 1.165) is 5.56 Å². The van der Waals surface area contributed by atoms with Crippen LogP contribution in [0.1, 0.15) is 26.3 Å². The third-order valence-electron chi connectivity index (χ3n) is 2.75. The van der Waals surface area contributed by atoms with Gasteiger partial charge in [-0.05, 0) is 31.5 Å². The van der Waals surface area contributed by atoms with Gasteiger partial charge in [0.05, 0.1) is 0 Å². The summed E-state index contributed by atoms with van der Waals surface area (Å²) >= 11 is 0. The molecule has 1 rings (SSSR count). The summed E-state index contributed by atoms with van der Waals surface area (Å²) in [6.45, 7) is 5.68. The lowest BCUT2D eigenvalue weighted by atomic mass is 10.2. The Kier molecular flexibility index (Phi) is 5.48. The SMILES string of the molecule is CCN(Cc1cccc(F)c1)C(=O)C(C)NC(C)=O. The molecule has 1 N–H and O–H groups in total. The number of carbonyl (C=O) groups is 2. The van der Waals surface area contributed by atoms with Gasteiger partial charge in [-0.15, -0.1) is 0 Å². The standard InChI is InChI=1S/C14H19FN2O2/c1-4-17(14(19)10(2)16-11(3)18)9-12-6-5-7-13(15)8-12/h5-8,10H,4,9H2,1-3H3,(H,16,18). The Morgan fingerprint density at radius 2 is 2.11 bits per heavy atom. The summed E-state index contributed by atoms with van der Waals surface area (Å²) in [7, 11) is 0. The molecule has 0 saturated carbocycles. The topological polar surface area (TPSA) is 49.4 Å². The first-order valence-electron chi connectivity index (χ1n) is 6.24. The predicted octanol–water partition coefficient (Wildman–Crippen LogP) is 1.70. The van der Waals surface area contributed by atoms with Crippen LogP contribution in [0.3, 0.4) is 0 Å². The first-order valence-corrected chi connectivity index (χ1v) is 6.24. The molecule has 0 aliphatic heterocycles. The van der Waals surface area contributed by atoms with Crippen molar-refractivity contribution in [3.05, 3.63) is 35.6 Å². The van der Waals surface area contributed by atoms with E-state index in [2.05, 4.69) is 5.32 Å². The van der Waals surface area contributed by atoms with Gasteiger partial charge in [-0.2, -0.15) is 0 Å². The summed E-state index contributed by atoms with van der Waals surface area (Å²) in [6, 6.07) is 5.56. The van der Waals surface area contributed by atoms with Gasteiger partial charge in [-0.3, -0.25) is 9.59 Å². The normalized spacial score (nSPS) is 11.8. The lowest BCUT2D eigenvalue weighted by molar-refractivity contribution is -0.135. The van der Waals surface area contributed by atoms with Crippen molar-refractivity contribution in [1.82, 2.24) is 10.2 Å². The molecular formula is C14H19FN2O2. The first-order chi connectivity index (χ1) is 8.93. The van der Waals surface area contributed by atoms with Crippen LogP contribution in [0.4, 0.5) is 4.39 Å². The second kappa shape index (κ2) is 6.87. The van der Waals surface area contributed by atoms with E-state index >= 15 is 0 Å². The second-order valence-electron chi connectivity index (χ2n) is 4.40. The second-order valence-corrected chi connectivity index (χ2v) is 4.40. The Hall–Kier alpha value is -1.91. The van der Waals surface area contributed by atoms with Crippen molar-refractivity contribution in [2.75, 3.05) is 6.54 Å². The number of carbonyl (C=O) groups excluding carboxylic acids is 2. The number of benzene rings is 1. The van der Waals surface area contributed by atoms with E-state index in [9.17, 15) is 14.0 Å². The Balaban J connectivity index is 2.72. The number of nitrogens with zero attached hydrogens (tertiary/aromatic N) is 1. The van der Waals surface area contributed by atoms with Gasteiger partial charge < -0.3 is 10.2 Å². The molecule has 1 aromatic rings. The molecule has 0 aliphatic carbocycles. The summed E-state index contributed by atoms with van der Waals surface area (Å²) in [4.78, 5) is 24.6. The molecule has 1 atom stereocenters. The average Bonchev–Trinajstić information content (AvgIpc) is 2.34. The zero-order valence-electron chi connectivity index (χ0n) is 11.4. The minimum absolute atomic E-state index is 0.179. The monoisotopic (exact) mass is 266 g/mol. The number of halogens is 1. The molecule has 2 amide bonds. The maximum atomic E-state index is 13.1. The molecule has 0 saturated heterocycles. The minimum atomic E-state index is -0.578. The largest absolute Gasteiger partial charge is 0.345 e. The van der Waals surface area contributed by atoms with Crippen LogP contribution in [0.15, 0.2) is 24.3 Å². The molecule has 104 valence electrons. The lowest BCUT2D eigenvalue weighted by Crippen LogP contribution is -2.46. The number of hydrogen-bond donors (Lipinski definition) is 1. The van der Waals surface area contributed by atoms with Crippen LogP contribution < -0.4 is 5.32 Å². The highest BCUT2D eigenvalue weighted by Crippen LogP contribution is 2.08. The van der Waals surface area contributed by atoms with Crippen LogP contribution in [-0.2, 0) is 16.1 Å². The van der Waals surface area contributed by atoms with Crippen molar-refractivity contribution in [2.45, 2.75) is 33.4 Å². The van der Waals surface area contributed by atoms with E-state index in [1.54, 1.807) is 24.0 Å². The van der Waals surface area contributed by atoms with Gasteiger partial charge in [-0.1, -0.05) is 12.1 Å². The van der Waals surface area contributed by atoms with Gasteiger partial charge in [0, 0.05) is 20.0 Å². The van der Waals surface area contributed by atoms with Crippen LogP contribution in [0, 0.1) is 5.82 Å². The Morgan fingerprint density at radius 1 is 1.42 bits per heavy atom. The Labute approximate surface area is 112 Å². The van der Waals surface area contributed by atoms with E-state index in [4.69, 9.17) is 0 Å². The highest BCUT2D eigenvalue weighted by atomic mass is 19.1. The van der Waals surface area contributed by atoms with Crippen LogP contribution in [0.2, 0.25) is 0 Å². The van der Waals surface area contributed by atoms with Gasteiger partial charge in [0.25, 0.3) is 0 Å². The number of hydrogen-bond acceptors (Lipinski definition) is 2. The van der Waals surface area contributed by atoms with E-state index in [0.29, 0.717) is 13.1 Å². The van der Waals surface area contributed by atoms with E-state index in [-0.39, 0.29) is 17.6 Å². The Bertz CT molecular complexity index is 463. The summed E-state index contributed by atoms with van der Waals surface area (Å²) in [5.41, 5.74) is 0.727. The molecule has 19 heavy (non-hydrogen) atoms. The molecule has 1 aromatic carbocycles. The van der Waals surface area contributed by atoms with E-state index in [1.165, 1.54) is 19.1 Å². The Morgan fingerprint density at radius 3 is 2.63 bits per heavy atom. The van der Waals surface area contributed by atoms with Crippen LogP contribution in [-0.4, -0.2) is 29.3 Å². The number of nitrogens with one attached hydrogen (secondary N) is 1. The van der Waals surface area contributed by atoms with E-state index in [1.807, 2.05) is 6.92 Å². The summed E-state index contributed by atoms with van der Waals surface area (Å²) < 4.78 is 13.1. The zero-order valence-corrected chi connectivity index (χ0v) is 11.4. The third-order valence-corrected chi connectivity index (χ3v) is 2.75. The van der Waals surface area contributed by atoms with Gasteiger partial charge in [0.2, 0.25) is 11.8 Å². The van der Waals surface area contributed by atoms with Crippen LogP contribution in [0.5, 0.6) is 0 Å². The van der Waals surface area contributed by atoms with E-state index < -0.39 is 6.04 Å². The van der Waals surface area contributed by atoms with Crippen LogP contribution in [0.25, 0.3) is 0 Å². The third kappa shape index (κ3) is 4.69. The van der Waals surface area contributed by atoms with Crippen molar-refractivity contribution >= 4 is 11.8 Å². The van der Waals surface area contributed by atoms with Crippen molar-refractivity contribution in [1.29, 1.82) is 0 Å². The van der Waals surface area contributed by atoms with Crippen molar-refractivity contribution in [2.24, 2.45) is 0 Å². The lowest BCUT2D eigenvalue weighted by Gasteiger charge is -2.24. The first kappa shape index (κ1) is 15.1. The molecule has 5 heteroatoms. The highest BCUT2D eigenvalue weighted by molar-refractivity contribution is 5.86. The number of amides is 2. The molecule has 0 spiro atoms. The van der Waals surface area contributed by atoms with Crippen molar-refractivity contribution < 1.29 is 14.0 Å². The molecule has 0 aliphatic rings. The van der Waals surface area contributed by atoms with Crippen molar-refractivity contribution in [3.63, 3.8) is 0 Å². The smallest absolute Gasteiger partial charge is 0.245 e.